The Labute approximate surface area is 47.4 Å². The Morgan fingerprint density at radius 1 is 1.71 bits per heavy atom. The molecule has 40 valence electrons. The van der Waals surface area contributed by atoms with Gasteiger partial charge in [0.15, 0.2) is 0 Å². The minimum Gasteiger partial charge on any atom is -0.185 e. The molecule has 4 heteroatoms. The molecule has 1 fully saturated rings. The van der Waals surface area contributed by atoms with Gasteiger partial charge in [-0.1, -0.05) is 0 Å². The first-order valence-corrected chi connectivity index (χ1v) is 4.02. The lowest BCUT2D eigenvalue weighted by Gasteiger charge is -1.59. The summed E-state index contributed by atoms with van der Waals surface area (Å²) in [4.78, 5) is 0. The molecule has 0 aromatic rings. The molecule has 0 N–H and O–H groups in total. The number of hydrogen-bond donors (Lipinski definition) is 0. The predicted octanol–water partition coefficient (Wildman–Crippen LogP) is -0.217. The average Bonchev–Trinajstić information content (AvgIpc) is 2.17. The van der Waals surface area contributed by atoms with Gasteiger partial charge in [0, 0.05) is 16.4 Å². The second-order valence-corrected chi connectivity index (χ2v) is 3.33. The molecular weight excluding hydrogens is 132 g/mol. The van der Waals surface area contributed by atoms with E-state index >= 15 is 0 Å². The van der Waals surface area contributed by atoms with E-state index in [2.05, 4.69) is 0 Å². The van der Waals surface area contributed by atoms with Crippen LogP contribution in [0.1, 0.15) is 0 Å². The summed E-state index contributed by atoms with van der Waals surface area (Å²) >= 11 is 1.65. The zero-order valence-corrected chi connectivity index (χ0v) is 5.13. The fraction of sp³-hybridized carbons (Fsp3) is 0.667. The second-order valence-electron chi connectivity index (χ2n) is 1.27. The van der Waals surface area contributed by atoms with Gasteiger partial charge in [-0.3, -0.25) is 0 Å². The summed E-state index contributed by atoms with van der Waals surface area (Å²) in [5.74, 6) is 0.980. The van der Waals surface area contributed by atoms with Crippen molar-refractivity contribution < 1.29 is 8.42 Å². The molecule has 0 radical (unpaired) electrons. The lowest BCUT2D eigenvalue weighted by molar-refractivity contribution is 0.627. The molecule has 0 aromatic heterocycles. The summed E-state index contributed by atoms with van der Waals surface area (Å²) in [5.41, 5.74) is 0. The Balaban J connectivity index is 2.61. The third-order valence-electron chi connectivity index (χ3n) is 0.622. The summed E-state index contributed by atoms with van der Waals surface area (Å²) in [6.45, 7) is 0. The maximum Gasteiger partial charge on any atom is 0.211 e. The van der Waals surface area contributed by atoms with Crippen molar-refractivity contribution in [1.82, 2.24) is 0 Å². The van der Waals surface area contributed by atoms with Crippen LogP contribution in [0.25, 0.3) is 0 Å². The Hall–Kier alpha value is 0.0400. The van der Waals surface area contributed by atoms with E-state index in [0.29, 0.717) is 5.25 Å². The molecule has 1 heterocycles. The quantitative estimate of drug-likeness (QED) is 0.369. The maximum atomic E-state index is 9.78. The summed E-state index contributed by atoms with van der Waals surface area (Å²) in [6.07, 6.45) is 0. The normalized spacial score (nSPS) is 26.6. The molecule has 0 bridgehead atoms. The maximum absolute atomic E-state index is 9.78. The van der Waals surface area contributed by atoms with Crippen LogP contribution in [-0.2, 0) is 10.3 Å². The standard InChI is InChI=1S/C3H4O2S2/c4-7(5)2-3-1-6-3/h2-3H,1H2. The van der Waals surface area contributed by atoms with Crippen LogP contribution >= 0.6 is 11.8 Å². The molecule has 0 aromatic carbocycles. The molecule has 1 unspecified atom stereocenters. The Bertz CT molecular complexity index is 167. The highest BCUT2D eigenvalue weighted by Crippen LogP contribution is 2.27. The van der Waals surface area contributed by atoms with Crippen molar-refractivity contribution in [3.05, 3.63) is 0 Å². The molecule has 0 amide bonds. The summed E-state index contributed by atoms with van der Waals surface area (Å²) in [6, 6.07) is 0. The van der Waals surface area contributed by atoms with Crippen molar-refractivity contribution in [3.8, 4) is 0 Å². The van der Waals surface area contributed by atoms with E-state index in [0.717, 1.165) is 5.75 Å². The third-order valence-corrected chi connectivity index (χ3v) is 2.20. The summed E-state index contributed by atoms with van der Waals surface area (Å²) < 4.78 is 19.6. The van der Waals surface area contributed by atoms with Crippen LogP contribution in [0.3, 0.4) is 0 Å². The van der Waals surface area contributed by atoms with Crippen LogP contribution in [0.2, 0.25) is 0 Å². The SMILES string of the molecule is O=S(=O)=CC1CS1. The average molecular weight is 136 g/mol. The topological polar surface area (TPSA) is 34.1 Å². The highest BCUT2D eigenvalue weighted by molar-refractivity contribution is 8.08. The predicted molar refractivity (Wildman–Crippen MR) is 31.2 cm³/mol. The number of hydrogen-bond acceptors (Lipinski definition) is 3. The van der Waals surface area contributed by atoms with Gasteiger partial charge in [0.1, 0.15) is 0 Å². The largest absolute Gasteiger partial charge is 0.211 e. The molecule has 1 saturated heterocycles. The summed E-state index contributed by atoms with van der Waals surface area (Å²) in [7, 11) is -1.93. The highest BCUT2D eigenvalue weighted by atomic mass is 32.2. The highest BCUT2D eigenvalue weighted by Gasteiger charge is 2.19. The molecule has 1 atom stereocenters. The molecule has 1 rings (SSSR count). The molecule has 0 saturated carbocycles. The van der Waals surface area contributed by atoms with Crippen LogP contribution in [0.5, 0.6) is 0 Å². The van der Waals surface area contributed by atoms with Gasteiger partial charge in [0.2, 0.25) is 10.3 Å². The van der Waals surface area contributed by atoms with Crippen molar-refractivity contribution in [2.45, 2.75) is 5.25 Å². The third kappa shape index (κ3) is 1.99. The van der Waals surface area contributed by atoms with E-state index in [1.165, 1.54) is 5.37 Å². The minimum atomic E-state index is -1.93. The van der Waals surface area contributed by atoms with Crippen molar-refractivity contribution in [3.63, 3.8) is 0 Å². The molecule has 1 aliphatic rings. The van der Waals surface area contributed by atoms with Crippen molar-refractivity contribution in [2.24, 2.45) is 0 Å². The summed E-state index contributed by atoms with van der Waals surface area (Å²) in [5, 5.41) is 1.63. The van der Waals surface area contributed by atoms with E-state index in [9.17, 15) is 8.42 Å². The first-order valence-electron chi connectivity index (χ1n) is 1.83. The van der Waals surface area contributed by atoms with Gasteiger partial charge < -0.3 is 0 Å². The Kier molecular flexibility index (Phi) is 1.39. The zero-order chi connectivity index (χ0) is 5.28. The van der Waals surface area contributed by atoms with Gasteiger partial charge in [-0.2, -0.15) is 20.2 Å². The molecule has 2 nitrogen and oxygen atoms in total. The molecule has 1 aliphatic heterocycles. The molecule has 0 spiro atoms. The first kappa shape index (κ1) is 5.18. The molecular formula is C3H4O2S2. The van der Waals surface area contributed by atoms with Crippen LogP contribution < -0.4 is 0 Å². The van der Waals surface area contributed by atoms with Crippen LogP contribution in [0, 0.1) is 0 Å². The van der Waals surface area contributed by atoms with Crippen molar-refractivity contribution >= 4 is 27.4 Å². The minimum absolute atomic E-state index is 0.304. The zero-order valence-electron chi connectivity index (χ0n) is 3.49. The number of rotatable bonds is 1. The Morgan fingerprint density at radius 3 is 2.43 bits per heavy atom. The van der Waals surface area contributed by atoms with Gasteiger partial charge in [-0.25, -0.2) is 0 Å². The molecule has 0 aliphatic carbocycles. The van der Waals surface area contributed by atoms with E-state index < -0.39 is 10.3 Å². The van der Waals surface area contributed by atoms with Crippen LogP contribution in [-0.4, -0.2) is 24.8 Å². The number of thioether (sulfide) groups is 1. The van der Waals surface area contributed by atoms with E-state index in [-0.39, 0.29) is 0 Å². The lowest BCUT2D eigenvalue weighted by atomic mass is 10.6. The second kappa shape index (κ2) is 1.88. The van der Waals surface area contributed by atoms with Gasteiger partial charge >= 0.3 is 0 Å². The van der Waals surface area contributed by atoms with E-state index in [1.54, 1.807) is 11.8 Å². The molecule has 7 heavy (non-hydrogen) atoms. The van der Waals surface area contributed by atoms with Crippen LogP contribution in [0.4, 0.5) is 0 Å². The van der Waals surface area contributed by atoms with Crippen molar-refractivity contribution in [2.75, 3.05) is 5.75 Å². The monoisotopic (exact) mass is 136 g/mol. The fourth-order valence-corrected chi connectivity index (χ4v) is 1.52. The van der Waals surface area contributed by atoms with Gasteiger partial charge in [-0.05, 0) is 0 Å². The van der Waals surface area contributed by atoms with E-state index in [1.807, 2.05) is 0 Å². The lowest BCUT2D eigenvalue weighted by Crippen LogP contribution is -1.81. The van der Waals surface area contributed by atoms with E-state index in [4.69, 9.17) is 0 Å². The Morgan fingerprint density at radius 2 is 2.29 bits per heavy atom. The van der Waals surface area contributed by atoms with Crippen LogP contribution in [0.15, 0.2) is 0 Å². The fourth-order valence-electron chi connectivity index (χ4n) is 0.258. The smallest absolute Gasteiger partial charge is 0.185 e. The van der Waals surface area contributed by atoms with Crippen molar-refractivity contribution in [1.29, 1.82) is 0 Å². The van der Waals surface area contributed by atoms with Gasteiger partial charge in [-0.15, -0.1) is 0 Å². The van der Waals surface area contributed by atoms with Gasteiger partial charge in [0.05, 0.1) is 0 Å². The first-order chi connectivity index (χ1) is 3.29. The van der Waals surface area contributed by atoms with Gasteiger partial charge in [0.25, 0.3) is 0 Å².